The fraction of sp³-hybridized carbons (Fsp3) is 0.111. The molecule has 4 rings (SSSR count). The van der Waals surface area contributed by atoms with E-state index in [1.807, 2.05) is 28.8 Å². The van der Waals surface area contributed by atoms with E-state index in [-0.39, 0.29) is 23.6 Å². The summed E-state index contributed by atoms with van der Waals surface area (Å²) in [6, 6.07) is 19.7. The number of aromatic nitrogens is 1. The maximum Gasteiger partial charge on any atom is 0.416 e. The Bertz CT molecular complexity index is 1490. The Kier molecular flexibility index (Phi) is 6.43. The second kappa shape index (κ2) is 9.47. The van der Waals surface area contributed by atoms with E-state index in [4.69, 9.17) is 0 Å². The number of amides is 1. The number of alkyl halides is 3. The van der Waals surface area contributed by atoms with Gasteiger partial charge in [0, 0.05) is 33.4 Å². The number of nitriles is 1. The predicted molar refractivity (Wildman–Crippen MR) is 126 cm³/mol. The second-order valence-electron chi connectivity index (χ2n) is 7.90. The van der Waals surface area contributed by atoms with E-state index >= 15 is 0 Å². The third-order valence-electron chi connectivity index (χ3n) is 5.67. The molecule has 0 atom stereocenters. The summed E-state index contributed by atoms with van der Waals surface area (Å²) in [6.45, 7) is 2.04. The highest BCUT2D eigenvalue weighted by molar-refractivity contribution is 6.11. The highest BCUT2D eigenvalue weighted by atomic mass is 19.4. The predicted octanol–water partition coefficient (Wildman–Crippen LogP) is 6.70. The van der Waals surface area contributed by atoms with Gasteiger partial charge in [0.2, 0.25) is 0 Å². The molecule has 0 radical (unpaired) electrons. The summed E-state index contributed by atoms with van der Waals surface area (Å²) in [6.07, 6.45) is -3.16. The van der Waals surface area contributed by atoms with E-state index in [1.54, 1.807) is 31.2 Å². The third-order valence-corrected chi connectivity index (χ3v) is 5.67. The van der Waals surface area contributed by atoms with E-state index in [0.717, 1.165) is 23.0 Å². The lowest BCUT2D eigenvalue weighted by atomic mass is 10.1. The number of fused-ring (bicyclic) bond motifs is 1. The van der Waals surface area contributed by atoms with Gasteiger partial charge in [-0.3, -0.25) is 4.79 Å². The number of benzene rings is 3. The standard InChI is InChI=1S/C27H19F4N3O/c1-17-23(13-19(15-32)26(35)33-21-9-6-8-20(14-21)27(29,30)31)22-10-3-5-12-25(22)34(17)16-18-7-2-4-11-24(18)28/h2-14H,16H2,1H3,(H,33,35)/b19-13-. The molecule has 0 saturated heterocycles. The molecule has 0 aliphatic carbocycles. The van der Waals surface area contributed by atoms with Crippen molar-refractivity contribution in [3.63, 3.8) is 0 Å². The highest BCUT2D eigenvalue weighted by Gasteiger charge is 2.30. The fourth-order valence-corrected chi connectivity index (χ4v) is 3.91. The van der Waals surface area contributed by atoms with Crippen LogP contribution in [0.15, 0.2) is 78.4 Å². The highest BCUT2D eigenvalue weighted by Crippen LogP contribution is 2.31. The third kappa shape index (κ3) is 4.94. The molecule has 3 aromatic carbocycles. The maximum atomic E-state index is 14.3. The Morgan fingerprint density at radius 2 is 1.77 bits per heavy atom. The van der Waals surface area contributed by atoms with Crippen LogP contribution in [0.2, 0.25) is 0 Å². The van der Waals surface area contributed by atoms with E-state index in [2.05, 4.69) is 5.32 Å². The van der Waals surface area contributed by atoms with Crippen LogP contribution < -0.4 is 5.32 Å². The van der Waals surface area contributed by atoms with E-state index in [0.29, 0.717) is 16.8 Å². The van der Waals surface area contributed by atoms with Crippen LogP contribution >= 0.6 is 0 Å². The maximum absolute atomic E-state index is 14.3. The van der Waals surface area contributed by atoms with Gasteiger partial charge in [0.05, 0.1) is 12.1 Å². The van der Waals surface area contributed by atoms with Crippen LogP contribution in [0.5, 0.6) is 0 Å². The van der Waals surface area contributed by atoms with Crippen molar-refractivity contribution in [2.75, 3.05) is 5.32 Å². The summed E-state index contributed by atoms with van der Waals surface area (Å²) in [5, 5.41) is 12.8. The Morgan fingerprint density at radius 1 is 1.06 bits per heavy atom. The summed E-state index contributed by atoms with van der Waals surface area (Å²) in [5.74, 6) is -1.18. The van der Waals surface area contributed by atoms with Gasteiger partial charge < -0.3 is 9.88 Å². The number of hydrogen-bond acceptors (Lipinski definition) is 2. The summed E-state index contributed by atoms with van der Waals surface area (Å²) < 4.78 is 55.2. The number of hydrogen-bond donors (Lipinski definition) is 1. The molecule has 0 fully saturated rings. The van der Waals surface area contributed by atoms with Crippen molar-refractivity contribution >= 4 is 28.6 Å². The minimum Gasteiger partial charge on any atom is -0.340 e. The lowest BCUT2D eigenvalue weighted by molar-refractivity contribution is -0.137. The summed E-state index contributed by atoms with van der Waals surface area (Å²) >= 11 is 0. The van der Waals surface area contributed by atoms with Gasteiger partial charge in [-0.2, -0.15) is 18.4 Å². The van der Waals surface area contributed by atoms with Crippen molar-refractivity contribution in [1.82, 2.24) is 4.57 Å². The van der Waals surface area contributed by atoms with Crippen LogP contribution in [0, 0.1) is 24.1 Å². The number of rotatable bonds is 5. The van der Waals surface area contributed by atoms with Gasteiger partial charge >= 0.3 is 6.18 Å². The summed E-state index contributed by atoms with van der Waals surface area (Å²) in [4.78, 5) is 12.8. The van der Waals surface area contributed by atoms with Gasteiger partial charge in [0.25, 0.3) is 5.91 Å². The molecule has 0 unspecified atom stereocenters. The van der Waals surface area contributed by atoms with Gasteiger partial charge in [-0.05, 0) is 43.3 Å². The summed E-state index contributed by atoms with van der Waals surface area (Å²) in [7, 11) is 0. The van der Waals surface area contributed by atoms with Crippen molar-refractivity contribution in [3.8, 4) is 6.07 Å². The van der Waals surface area contributed by atoms with Crippen LogP contribution in [0.4, 0.5) is 23.2 Å². The van der Waals surface area contributed by atoms with E-state index in [1.165, 1.54) is 24.3 Å². The molecule has 1 aromatic heterocycles. The Morgan fingerprint density at radius 3 is 2.49 bits per heavy atom. The van der Waals surface area contributed by atoms with Gasteiger partial charge in [-0.15, -0.1) is 0 Å². The molecule has 0 bridgehead atoms. The molecule has 0 spiro atoms. The molecule has 4 aromatic rings. The molecule has 1 amide bonds. The SMILES string of the molecule is Cc1c(/C=C(/C#N)C(=O)Nc2cccc(C(F)(F)F)c2)c2ccccc2n1Cc1ccccc1F. The largest absolute Gasteiger partial charge is 0.416 e. The molecule has 0 aliphatic rings. The molecule has 0 aliphatic heterocycles. The number of anilines is 1. The lowest BCUT2D eigenvalue weighted by Gasteiger charge is -2.10. The molecule has 0 saturated carbocycles. The summed E-state index contributed by atoms with van der Waals surface area (Å²) in [5.41, 5.74) is 1.29. The minimum atomic E-state index is -4.56. The molecule has 8 heteroatoms. The number of nitrogens with zero attached hydrogens (tertiary/aromatic N) is 2. The van der Waals surface area contributed by atoms with E-state index < -0.39 is 17.6 Å². The van der Waals surface area contributed by atoms with Crippen molar-refractivity contribution < 1.29 is 22.4 Å². The van der Waals surface area contributed by atoms with Crippen molar-refractivity contribution in [2.24, 2.45) is 0 Å². The number of carbonyl (C=O) groups is 1. The first-order chi connectivity index (χ1) is 16.7. The number of carbonyl (C=O) groups excluding carboxylic acids is 1. The van der Waals surface area contributed by atoms with Crippen molar-refractivity contribution in [3.05, 3.63) is 107 Å². The van der Waals surface area contributed by atoms with Crippen molar-refractivity contribution in [2.45, 2.75) is 19.6 Å². The molecule has 1 heterocycles. The van der Waals surface area contributed by atoms with E-state index in [9.17, 15) is 27.6 Å². The smallest absolute Gasteiger partial charge is 0.340 e. The van der Waals surface area contributed by atoms with Crippen LogP contribution in [0.25, 0.3) is 17.0 Å². The molecule has 1 N–H and O–H groups in total. The van der Waals surface area contributed by atoms with Crippen LogP contribution in [0.1, 0.15) is 22.4 Å². The first kappa shape index (κ1) is 23.8. The molecule has 4 nitrogen and oxygen atoms in total. The zero-order chi connectivity index (χ0) is 25.2. The number of para-hydroxylation sites is 1. The van der Waals surface area contributed by atoms with Gasteiger partial charge in [0.1, 0.15) is 17.5 Å². The van der Waals surface area contributed by atoms with Gasteiger partial charge in [0.15, 0.2) is 0 Å². The molecular weight excluding hydrogens is 458 g/mol. The number of halogens is 4. The zero-order valence-corrected chi connectivity index (χ0v) is 18.5. The molecule has 176 valence electrons. The second-order valence-corrected chi connectivity index (χ2v) is 7.90. The Balaban J connectivity index is 1.72. The van der Waals surface area contributed by atoms with Gasteiger partial charge in [-0.25, -0.2) is 4.39 Å². The average molecular weight is 477 g/mol. The Labute approximate surface area is 198 Å². The van der Waals surface area contributed by atoms with Crippen LogP contribution in [-0.2, 0) is 17.5 Å². The topological polar surface area (TPSA) is 57.8 Å². The van der Waals surface area contributed by atoms with Crippen LogP contribution in [0.3, 0.4) is 0 Å². The van der Waals surface area contributed by atoms with Crippen LogP contribution in [-0.4, -0.2) is 10.5 Å². The number of nitrogens with one attached hydrogen (secondary N) is 1. The van der Waals surface area contributed by atoms with Gasteiger partial charge in [-0.1, -0.05) is 42.5 Å². The Hall–Kier alpha value is -4.38. The van der Waals surface area contributed by atoms with Crippen molar-refractivity contribution in [1.29, 1.82) is 5.26 Å². The average Bonchev–Trinajstić information content (AvgIpc) is 3.09. The lowest BCUT2D eigenvalue weighted by Crippen LogP contribution is -2.14. The first-order valence-electron chi connectivity index (χ1n) is 10.6. The normalized spacial score (nSPS) is 11.9. The molecule has 35 heavy (non-hydrogen) atoms. The zero-order valence-electron chi connectivity index (χ0n) is 18.5. The minimum absolute atomic E-state index is 0.0790. The molecular formula is C27H19F4N3O. The monoisotopic (exact) mass is 477 g/mol. The first-order valence-corrected chi connectivity index (χ1v) is 10.6. The fourth-order valence-electron chi connectivity index (χ4n) is 3.91. The quantitative estimate of drug-likeness (QED) is 0.198.